The van der Waals surface area contributed by atoms with Crippen LogP contribution < -0.4 is 11.2 Å². The Morgan fingerprint density at radius 2 is 2.19 bits per heavy atom. The molecule has 131 valence electrons. The van der Waals surface area contributed by atoms with Gasteiger partial charge in [-0.15, -0.1) is 0 Å². The number of amides is 2. The number of carbonyl (C=O) groups excluding carboxylic acids is 2. The fourth-order valence-corrected chi connectivity index (χ4v) is 3.17. The van der Waals surface area contributed by atoms with Crippen molar-refractivity contribution in [2.45, 2.75) is 0 Å². The largest absolute Gasteiger partial charge is 0.379 e. The second kappa shape index (κ2) is 6.63. The van der Waals surface area contributed by atoms with Gasteiger partial charge >= 0.3 is 6.03 Å². The lowest BCUT2D eigenvalue weighted by Crippen LogP contribution is -2.36. The maximum atomic E-state index is 12.2. The Morgan fingerprint density at radius 3 is 2.96 bits per heavy atom. The van der Waals surface area contributed by atoms with Gasteiger partial charge in [0.15, 0.2) is 0 Å². The van der Waals surface area contributed by atoms with Crippen LogP contribution in [0.15, 0.2) is 17.2 Å². The number of carbonyl (C=O) groups is 2. The predicted octanol–water partition coefficient (Wildman–Crippen LogP) is 0.129. The monoisotopic (exact) mass is 350 g/mol. The lowest BCUT2D eigenvalue weighted by molar-refractivity contribution is 0.0443. The molecule has 1 fully saturated rings. The summed E-state index contributed by atoms with van der Waals surface area (Å²) in [6.07, 6.45) is 1.49. The summed E-state index contributed by atoms with van der Waals surface area (Å²) >= 11 is 0. The maximum Gasteiger partial charge on any atom is 0.324 e. The topological polar surface area (TPSA) is 102 Å². The number of morpholine rings is 1. The van der Waals surface area contributed by atoms with Crippen LogP contribution in [-0.4, -0.2) is 60.5 Å². The van der Waals surface area contributed by atoms with Gasteiger partial charge in [-0.05, 0) is 24.1 Å². The molecule has 0 spiro atoms. The highest BCUT2D eigenvalue weighted by molar-refractivity contribution is 6.17. The van der Waals surface area contributed by atoms with E-state index >= 15 is 0 Å². The van der Waals surface area contributed by atoms with Gasteiger partial charge in [-0.2, -0.15) is 5.10 Å². The number of primary amides is 1. The SMILES string of the molecule is NC(=O)n1c(C#CCN2CCOCC2)c2c3c(c[c]cc31)C(=O)NN=C2. The first-order valence-electron chi connectivity index (χ1n) is 8.17. The van der Waals surface area contributed by atoms with E-state index in [1.165, 1.54) is 10.8 Å². The Balaban J connectivity index is 1.84. The number of hydrogen-bond donors (Lipinski definition) is 2. The number of benzene rings is 1. The number of hydrogen-bond acceptors (Lipinski definition) is 5. The summed E-state index contributed by atoms with van der Waals surface area (Å²) in [6.45, 7) is 3.57. The molecule has 1 radical (unpaired) electrons. The molecule has 1 aromatic heterocycles. The molecule has 2 amide bonds. The second-order valence-electron chi connectivity index (χ2n) is 5.95. The van der Waals surface area contributed by atoms with Crippen molar-refractivity contribution in [3.8, 4) is 11.8 Å². The summed E-state index contributed by atoms with van der Waals surface area (Å²) in [7, 11) is 0. The third-order valence-electron chi connectivity index (χ3n) is 4.40. The molecular weight excluding hydrogens is 334 g/mol. The standard InChI is InChI=1S/C18H16N5O3/c19-18(25)23-14(5-2-6-22-7-9-26-10-8-22)13-11-20-21-17(24)12-3-1-4-15(23)16(12)13/h3-4,11H,6-10H2,(H2,19,25)(H,21,24). The zero-order valence-electron chi connectivity index (χ0n) is 13.9. The van der Waals surface area contributed by atoms with E-state index in [1.807, 2.05) is 0 Å². The normalized spacial score (nSPS) is 16.7. The molecule has 8 nitrogen and oxygen atoms in total. The number of nitrogens with one attached hydrogen (secondary N) is 1. The van der Waals surface area contributed by atoms with Gasteiger partial charge in [-0.25, -0.2) is 10.2 Å². The van der Waals surface area contributed by atoms with Crippen LogP contribution in [0.5, 0.6) is 0 Å². The highest BCUT2D eigenvalue weighted by Gasteiger charge is 2.24. The Morgan fingerprint density at radius 1 is 1.38 bits per heavy atom. The van der Waals surface area contributed by atoms with E-state index in [-0.39, 0.29) is 5.91 Å². The Hall–Kier alpha value is -3.15. The lowest BCUT2D eigenvalue weighted by Gasteiger charge is -2.24. The first kappa shape index (κ1) is 16.3. The molecule has 2 aliphatic rings. The number of nitrogens with zero attached hydrogens (tertiary/aromatic N) is 3. The zero-order valence-corrected chi connectivity index (χ0v) is 13.9. The van der Waals surface area contributed by atoms with Crippen LogP contribution in [0.3, 0.4) is 0 Å². The Bertz CT molecular complexity index is 990. The molecule has 8 heteroatoms. The molecule has 2 aromatic rings. The fourth-order valence-electron chi connectivity index (χ4n) is 3.17. The van der Waals surface area contributed by atoms with Crippen molar-refractivity contribution in [1.29, 1.82) is 0 Å². The van der Waals surface area contributed by atoms with Crippen LogP contribution in [-0.2, 0) is 4.74 Å². The van der Waals surface area contributed by atoms with Crippen LogP contribution in [0, 0.1) is 17.9 Å². The van der Waals surface area contributed by atoms with E-state index in [4.69, 9.17) is 10.5 Å². The smallest absolute Gasteiger partial charge is 0.324 e. The number of nitrogens with two attached hydrogens (primary N) is 1. The van der Waals surface area contributed by atoms with Gasteiger partial charge in [0.2, 0.25) is 0 Å². The number of aromatic nitrogens is 1. The quantitative estimate of drug-likeness (QED) is 0.714. The van der Waals surface area contributed by atoms with Crippen molar-refractivity contribution < 1.29 is 14.3 Å². The summed E-state index contributed by atoms with van der Waals surface area (Å²) in [5, 5.41) is 4.52. The summed E-state index contributed by atoms with van der Waals surface area (Å²) < 4.78 is 6.63. The molecule has 3 heterocycles. The van der Waals surface area contributed by atoms with Gasteiger partial charge in [0.25, 0.3) is 5.91 Å². The minimum atomic E-state index is -0.670. The van der Waals surface area contributed by atoms with Crippen LogP contribution in [0.4, 0.5) is 4.79 Å². The zero-order chi connectivity index (χ0) is 18.1. The summed E-state index contributed by atoms with van der Waals surface area (Å²) in [4.78, 5) is 26.4. The molecule has 1 saturated heterocycles. The van der Waals surface area contributed by atoms with E-state index in [9.17, 15) is 9.59 Å². The lowest BCUT2D eigenvalue weighted by atomic mass is 10.1. The predicted molar refractivity (Wildman–Crippen MR) is 95.0 cm³/mol. The van der Waals surface area contributed by atoms with E-state index in [1.54, 1.807) is 12.1 Å². The Kier molecular flexibility index (Phi) is 4.16. The van der Waals surface area contributed by atoms with Gasteiger partial charge in [0.05, 0.1) is 37.1 Å². The first-order chi connectivity index (χ1) is 12.7. The van der Waals surface area contributed by atoms with Crippen molar-refractivity contribution in [3.63, 3.8) is 0 Å². The van der Waals surface area contributed by atoms with Crippen molar-refractivity contribution in [2.24, 2.45) is 10.8 Å². The van der Waals surface area contributed by atoms with Gasteiger partial charge < -0.3 is 10.5 Å². The molecule has 0 saturated carbocycles. The van der Waals surface area contributed by atoms with Crippen molar-refractivity contribution >= 4 is 29.1 Å². The maximum absolute atomic E-state index is 12.2. The highest BCUT2D eigenvalue weighted by Crippen LogP contribution is 2.28. The van der Waals surface area contributed by atoms with E-state index < -0.39 is 6.03 Å². The third kappa shape index (κ3) is 2.73. The molecule has 0 unspecified atom stereocenters. The van der Waals surface area contributed by atoms with Crippen LogP contribution in [0.2, 0.25) is 0 Å². The van der Waals surface area contributed by atoms with E-state index in [0.717, 1.165) is 13.1 Å². The molecule has 26 heavy (non-hydrogen) atoms. The third-order valence-corrected chi connectivity index (χ3v) is 4.40. The fraction of sp³-hybridized carbons (Fsp3) is 0.278. The minimum Gasteiger partial charge on any atom is -0.379 e. The summed E-state index contributed by atoms with van der Waals surface area (Å²) in [5.41, 5.74) is 9.90. The van der Waals surface area contributed by atoms with E-state index in [2.05, 4.69) is 33.3 Å². The average molecular weight is 350 g/mol. The summed E-state index contributed by atoms with van der Waals surface area (Å²) in [6, 6.07) is 5.39. The molecule has 2 aliphatic heterocycles. The molecule has 0 atom stereocenters. The molecule has 1 aromatic carbocycles. The molecule has 3 N–H and O–H groups in total. The summed E-state index contributed by atoms with van der Waals surface area (Å²) in [5.74, 6) is 5.77. The van der Waals surface area contributed by atoms with Crippen LogP contribution in [0.25, 0.3) is 10.9 Å². The van der Waals surface area contributed by atoms with E-state index in [0.29, 0.717) is 47.5 Å². The van der Waals surface area contributed by atoms with Crippen LogP contribution in [0.1, 0.15) is 21.6 Å². The first-order valence-corrected chi connectivity index (χ1v) is 8.17. The average Bonchev–Trinajstić information content (AvgIpc) is 2.85. The molecule has 0 bridgehead atoms. The van der Waals surface area contributed by atoms with Crippen molar-refractivity contribution in [1.82, 2.24) is 14.9 Å². The van der Waals surface area contributed by atoms with Crippen LogP contribution >= 0.6 is 0 Å². The molecule has 0 aliphatic carbocycles. The van der Waals surface area contributed by atoms with Gasteiger partial charge in [-0.1, -0.05) is 5.92 Å². The van der Waals surface area contributed by atoms with Crippen molar-refractivity contribution in [3.05, 3.63) is 35.0 Å². The number of ether oxygens (including phenoxy) is 1. The second-order valence-corrected chi connectivity index (χ2v) is 5.95. The number of hydrazone groups is 1. The Labute approximate surface area is 149 Å². The van der Waals surface area contributed by atoms with Crippen molar-refractivity contribution in [2.75, 3.05) is 32.8 Å². The number of rotatable bonds is 1. The van der Waals surface area contributed by atoms with Gasteiger partial charge in [-0.3, -0.25) is 14.3 Å². The van der Waals surface area contributed by atoms with Gasteiger partial charge in [0, 0.05) is 24.0 Å². The highest BCUT2D eigenvalue weighted by atomic mass is 16.5. The minimum absolute atomic E-state index is 0.365. The van der Waals surface area contributed by atoms with Gasteiger partial charge in [0.1, 0.15) is 5.69 Å². The molecular formula is C18H16N5O3. The molecule has 4 rings (SSSR count).